The fraction of sp³-hybridized carbons (Fsp3) is 0.154. The molecule has 1 aromatic carbocycles. The summed E-state index contributed by atoms with van der Waals surface area (Å²) in [6.07, 6.45) is 0.984. The normalized spacial score (nSPS) is 10.2. The van der Waals surface area contributed by atoms with Crippen molar-refractivity contribution in [1.29, 1.82) is 0 Å². The van der Waals surface area contributed by atoms with Crippen LogP contribution < -0.4 is 5.32 Å². The topological polar surface area (TPSA) is 29.1 Å². The van der Waals surface area contributed by atoms with Crippen molar-refractivity contribution in [3.63, 3.8) is 0 Å². The van der Waals surface area contributed by atoms with Gasteiger partial charge in [0.2, 0.25) is 0 Å². The zero-order valence-electron chi connectivity index (χ0n) is 9.37. The lowest BCUT2D eigenvalue weighted by molar-refractivity contribution is 0.103. The maximum atomic E-state index is 11.9. The highest BCUT2D eigenvalue weighted by atomic mass is 79.9. The third-order valence-corrected chi connectivity index (χ3v) is 3.96. The van der Waals surface area contributed by atoms with Gasteiger partial charge in [-0.25, -0.2) is 0 Å². The van der Waals surface area contributed by atoms with Crippen molar-refractivity contribution in [2.45, 2.75) is 13.3 Å². The van der Waals surface area contributed by atoms with E-state index in [1.54, 1.807) is 0 Å². The number of nitrogens with one attached hydrogen (secondary N) is 1. The first-order valence-corrected chi connectivity index (χ1v) is 7.01. The van der Waals surface area contributed by atoms with Crippen molar-refractivity contribution in [1.82, 2.24) is 0 Å². The lowest BCUT2D eigenvalue weighted by Crippen LogP contribution is -2.10. The number of halogens is 1. The highest BCUT2D eigenvalue weighted by Crippen LogP contribution is 2.25. The second-order valence-corrected chi connectivity index (χ2v) is 5.40. The largest absolute Gasteiger partial charge is 0.320 e. The minimum absolute atomic E-state index is 0.0649. The average Bonchev–Trinajstić information content (AvgIpc) is 2.85. The second-order valence-electron chi connectivity index (χ2n) is 3.60. The van der Waals surface area contributed by atoms with Crippen LogP contribution in [0.2, 0.25) is 0 Å². The Morgan fingerprint density at radius 3 is 2.82 bits per heavy atom. The fourth-order valence-electron chi connectivity index (χ4n) is 1.47. The molecule has 1 aromatic heterocycles. The van der Waals surface area contributed by atoms with Crippen LogP contribution in [0.5, 0.6) is 0 Å². The molecule has 17 heavy (non-hydrogen) atoms. The third kappa shape index (κ3) is 2.96. The van der Waals surface area contributed by atoms with E-state index in [0.717, 1.165) is 21.5 Å². The second kappa shape index (κ2) is 5.47. The number of thiophene rings is 1. The average molecular weight is 310 g/mol. The predicted molar refractivity (Wildman–Crippen MR) is 75.8 cm³/mol. The van der Waals surface area contributed by atoms with Crippen LogP contribution in [0.1, 0.15) is 22.2 Å². The molecule has 0 fully saturated rings. The molecule has 0 atom stereocenters. The van der Waals surface area contributed by atoms with Gasteiger partial charge in [-0.2, -0.15) is 0 Å². The van der Waals surface area contributed by atoms with Gasteiger partial charge in [0.15, 0.2) is 0 Å². The van der Waals surface area contributed by atoms with Gasteiger partial charge in [-0.3, -0.25) is 4.79 Å². The molecule has 0 radical (unpaired) electrons. The highest BCUT2D eigenvalue weighted by molar-refractivity contribution is 9.10. The van der Waals surface area contributed by atoms with Crippen molar-refractivity contribution in [2.24, 2.45) is 0 Å². The van der Waals surface area contributed by atoms with Gasteiger partial charge in [0.05, 0.1) is 10.6 Å². The van der Waals surface area contributed by atoms with Gasteiger partial charge < -0.3 is 5.32 Å². The maximum absolute atomic E-state index is 11.9. The Morgan fingerprint density at radius 1 is 1.41 bits per heavy atom. The Morgan fingerprint density at radius 2 is 2.24 bits per heavy atom. The van der Waals surface area contributed by atoms with Gasteiger partial charge in [-0.05, 0) is 51.5 Å². The first kappa shape index (κ1) is 12.3. The van der Waals surface area contributed by atoms with E-state index < -0.39 is 0 Å². The number of hydrogen-bond donors (Lipinski definition) is 1. The van der Waals surface area contributed by atoms with Gasteiger partial charge in [-0.15, -0.1) is 11.3 Å². The number of aryl methyl sites for hydroxylation is 1. The summed E-state index contributed by atoms with van der Waals surface area (Å²) in [5.41, 5.74) is 2.05. The first-order valence-electron chi connectivity index (χ1n) is 5.34. The van der Waals surface area contributed by atoms with Crippen molar-refractivity contribution >= 4 is 38.9 Å². The van der Waals surface area contributed by atoms with Gasteiger partial charge in [0.1, 0.15) is 0 Å². The van der Waals surface area contributed by atoms with Crippen LogP contribution in [-0.2, 0) is 6.42 Å². The van der Waals surface area contributed by atoms with Crippen LogP contribution in [0.4, 0.5) is 5.69 Å². The molecular weight excluding hydrogens is 298 g/mol. The first-order chi connectivity index (χ1) is 8.20. The van der Waals surface area contributed by atoms with Gasteiger partial charge in [0.25, 0.3) is 5.91 Å². The number of carbonyl (C=O) groups is 1. The smallest absolute Gasteiger partial charge is 0.265 e. The molecular formula is C13H12BrNOS. The molecule has 2 nitrogen and oxygen atoms in total. The Kier molecular flexibility index (Phi) is 3.97. The molecule has 0 aliphatic rings. The molecule has 0 aliphatic heterocycles. The van der Waals surface area contributed by atoms with Gasteiger partial charge >= 0.3 is 0 Å². The maximum Gasteiger partial charge on any atom is 0.265 e. The highest BCUT2D eigenvalue weighted by Gasteiger charge is 2.08. The minimum atomic E-state index is -0.0649. The Labute approximate surface area is 113 Å². The van der Waals surface area contributed by atoms with E-state index in [9.17, 15) is 4.79 Å². The molecule has 0 saturated carbocycles. The Bertz CT molecular complexity index is 522. The molecule has 2 aromatic rings. The van der Waals surface area contributed by atoms with Crippen LogP contribution in [0.3, 0.4) is 0 Å². The number of anilines is 1. The SMILES string of the molecule is CCc1ccc(NC(=O)c2cccs2)c(Br)c1. The third-order valence-electron chi connectivity index (χ3n) is 2.43. The number of rotatable bonds is 3. The van der Waals surface area contributed by atoms with E-state index in [0.29, 0.717) is 0 Å². The monoisotopic (exact) mass is 309 g/mol. The number of carbonyl (C=O) groups excluding carboxylic acids is 1. The van der Waals surface area contributed by atoms with Crippen LogP contribution in [0, 0.1) is 0 Å². The van der Waals surface area contributed by atoms with E-state index in [1.807, 2.05) is 35.7 Å². The molecule has 0 unspecified atom stereocenters. The van der Waals surface area contributed by atoms with Crippen LogP contribution >= 0.6 is 27.3 Å². The van der Waals surface area contributed by atoms with Crippen LogP contribution in [0.25, 0.3) is 0 Å². The van der Waals surface area contributed by atoms with Crippen LogP contribution in [-0.4, -0.2) is 5.91 Å². The summed E-state index contributed by atoms with van der Waals surface area (Å²) < 4.78 is 0.918. The van der Waals surface area contributed by atoms with Gasteiger partial charge in [-0.1, -0.05) is 19.1 Å². The number of benzene rings is 1. The van der Waals surface area contributed by atoms with Crippen LogP contribution in [0.15, 0.2) is 40.2 Å². The molecule has 1 heterocycles. The minimum Gasteiger partial charge on any atom is -0.320 e. The molecule has 4 heteroatoms. The standard InChI is InChI=1S/C13H12BrNOS/c1-2-9-5-6-11(10(14)8-9)15-13(16)12-4-3-7-17-12/h3-8H,2H2,1H3,(H,15,16). The lowest BCUT2D eigenvalue weighted by Gasteiger charge is -2.07. The number of amides is 1. The molecule has 2 rings (SSSR count). The Hall–Kier alpha value is -1.13. The van der Waals surface area contributed by atoms with Crippen molar-refractivity contribution < 1.29 is 4.79 Å². The predicted octanol–water partition coefficient (Wildman–Crippen LogP) is 4.33. The summed E-state index contributed by atoms with van der Waals surface area (Å²) in [7, 11) is 0. The van der Waals surface area contributed by atoms with Crippen molar-refractivity contribution in [3.05, 3.63) is 50.6 Å². The summed E-state index contributed by atoms with van der Waals surface area (Å²) in [5.74, 6) is -0.0649. The van der Waals surface area contributed by atoms with E-state index in [4.69, 9.17) is 0 Å². The summed E-state index contributed by atoms with van der Waals surface area (Å²) in [4.78, 5) is 12.6. The molecule has 0 bridgehead atoms. The molecule has 0 spiro atoms. The summed E-state index contributed by atoms with van der Waals surface area (Å²) in [6, 6.07) is 9.66. The summed E-state index contributed by atoms with van der Waals surface area (Å²) in [6.45, 7) is 2.10. The zero-order valence-corrected chi connectivity index (χ0v) is 11.8. The van der Waals surface area contributed by atoms with E-state index in [1.165, 1.54) is 16.9 Å². The quantitative estimate of drug-likeness (QED) is 0.898. The molecule has 1 N–H and O–H groups in total. The van der Waals surface area contributed by atoms with Crippen molar-refractivity contribution in [3.8, 4) is 0 Å². The Balaban J connectivity index is 2.16. The van der Waals surface area contributed by atoms with E-state index in [2.05, 4.69) is 28.2 Å². The van der Waals surface area contributed by atoms with E-state index >= 15 is 0 Å². The molecule has 0 saturated heterocycles. The summed E-state index contributed by atoms with van der Waals surface area (Å²) >= 11 is 4.90. The summed E-state index contributed by atoms with van der Waals surface area (Å²) in [5, 5.41) is 4.78. The number of hydrogen-bond acceptors (Lipinski definition) is 2. The lowest BCUT2D eigenvalue weighted by atomic mass is 10.1. The molecule has 0 aliphatic carbocycles. The zero-order chi connectivity index (χ0) is 12.3. The molecule has 1 amide bonds. The van der Waals surface area contributed by atoms with Gasteiger partial charge in [0, 0.05) is 4.47 Å². The van der Waals surface area contributed by atoms with E-state index in [-0.39, 0.29) is 5.91 Å². The molecule has 88 valence electrons. The van der Waals surface area contributed by atoms with Crippen molar-refractivity contribution in [2.75, 3.05) is 5.32 Å². The fourth-order valence-corrected chi connectivity index (χ4v) is 2.62.